The highest BCUT2D eigenvalue weighted by molar-refractivity contribution is 5.91. The lowest BCUT2D eigenvalue weighted by molar-refractivity contribution is -0.155. The summed E-state index contributed by atoms with van der Waals surface area (Å²) in [6, 6.07) is 13.2. The van der Waals surface area contributed by atoms with Crippen LogP contribution < -0.4 is 18.9 Å². The second-order valence-corrected chi connectivity index (χ2v) is 14.0. The van der Waals surface area contributed by atoms with E-state index in [2.05, 4.69) is 16.0 Å². The van der Waals surface area contributed by atoms with Gasteiger partial charge >= 0.3 is 24.3 Å². The number of hydrogen-bond donors (Lipinski definition) is 2. The number of aliphatic hydroxyl groups is 1. The highest BCUT2D eigenvalue weighted by Crippen LogP contribution is 2.50. The molecule has 2 aliphatic heterocycles. The molecule has 1 aliphatic carbocycles. The van der Waals surface area contributed by atoms with Gasteiger partial charge in [-0.15, -0.1) is 0 Å². The summed E-state index contributed by atoms with van der Waals surface area (Å²) in [4.78, 5) is 45.7. The van der Waals surface area contributed by atoms with Gasteiger partial charge in [0.15, 0.2) is 11.5 Å². The Kier molecular flexibility index (Phi) is 12.5. The number of nitrogens with one attached hydrogen (secondary N) is 1. The van der Waals surface area contributed by atoms with Gasteiger partial charge in [0.2, 0.25) is 5.75 Å². The minimum absolute atomic E-state index is 0.0144. The van der Waals surface area contributed by atoms with Crippen LogP contribution in [0.4, 0.5) is 18.0 Å². The van der Waals surface area contributed by atoms with Gasteiger partial charge in [0.25, 0.3) is 0 Å². The molecule has 1 aromatic heterocycles. The lowest BCUT2D eigenvalue weighted by Crippen LogP contribution is -2.52. The number of nitrogens with zero attached hydrogens (tertiary/aromatic N) is 1. The van der Waals surface area contributed by atoms with Gasteiger partial charge in [-0.2, -0.15) is 13.2 Å². The van der Waals surface area contributed by atoms with E-state index in [9.17, 15) is 27.6 Å². The summed E-state index contributed by atoms with van der Waals surface area (Å²) < 4.78 is 77.2. The summed E-state index contributed by atoms with van der Waals surface area (Å²) in [6.07, 6.45) is -3.91. The van der Waals surface area contributed by atoms with Crippen LogP contribution in [0.15, 0.2) is 54.6 Å². The number of halogens is 3. The molecule has 306 valence electrons. The normalized spacial score (nSPS) is 21.4. The molecular weight excluding hydrogens is 753 g/mol. The molecule has 4 aromatic rings. The number of aromatic amines is 1. The molecule has 3 heterocycles. The number of ether oxygens (including phenoxy) is 7. The molecule has 57 heavy (non-hydrogen) atoms. The average Bonchev–Trinajstić information content (AvgIpc) is 3.60. The van der Waals surface area contributed by atoms with Gasteiger partial charge in [0.1, 0.15) is 18.5 Å². The number of alkyl halides is 3. The van der Waals surface area contributed by atoms with E-state index < -0.39 is 42.5 Å². The van der Waals surface area contributed by atoms with Gasteiger partial charge in [0, 0.05) is 42.9 Å². The van der Waals surface area contributed by atoms with Crippen molar-refractivity contribution < 1.29 is 65.8 Å². The van der Waals surface area contributed by atoms with Crippen LogP contribution in [0.2, 0.25) is 0 Å². The van der Waals surface area contributed by atoms with Crippen LogP contribution >= 0.6 is 0 Å². The molecule has 2 N–H and O–H groups in total. The van der Waals surface area contributed by atoms with Crippen molar-refractivity contribution in [1.29, 1.82) is 0 Å². The molecule has 16 heteroatoms. The molecule has 2 fully saturated rings. The number of piperidine rings is 1. The van der Waals surface area contributed by atoms with Crippen molar-refractivity contribution in [3.05, 3.63) is 82.5 Å². The molecule has 0 spiro atoms. The molecule has 1 saturated carbocycles. The van der Waals surface area contributed by atoms with Crippen molar-refractivity contribution in [2.24, 2.45) is 17.8 Å². The van der Waals surface area contributed by atoms with Crippen molar-refractivity contribution in [1.82, 2.24) is 9.88 Å². The summed E-state index contributed by atoms with van der Waals surface area (Å²) in [7, 11) is 6.60. The third-order valence-electron chi connectivity index (χ3n) is 11.0. The monoisotopic (exact) mass is 798 g/mol. The molecule has 7 rings (SSSR count). The van der Waals surface area contributed by atoms with Gasteiger partial charge in [0.05, 0.1) is 51.5 Å². The lowest BCUT2D eigenvalue weighted by Gasteiger charge is -2.51. The maximum Gasteiger partial charge on any atom is 0.514 e. The largest absolute Gasteiger partial charge is 0.514 e. The number of rotatable bonds is 9. The Hall–Kier alpha value is -5.48. The van der Waals surface area contributed by atoms with Crippen molar-refractivity contribution in [2.45, 2.75) is 50.6 Å². The standard InChI is InChI=1S/C40H41F3N2O10.CH4O/c1-49-25-8-9-27-28-10-11-45-19-23-13-26(16-30(38(47)52-4)29(23)18-32(45)35(28)44-31(27)17-25)54-37(46)22-14-33(50-2)36(34(15-22)51-3)55-39(48)53-20-21-6-5-7-24(12-21)40(41,42)43;1-2/h5-9,12,14-15,17,23,26,29-30,32,44H,10-11,13,16,18-20H2,1-4H3;2H,1H3/t23-,26?,29+,30?,32?;/m1./s1. The van der Waals surface area contributed by atoms with E-state index in [-0.39, 0.29) is 58.6 Å². The van der Waals surface area contributed by atoms with Gasteiger partial charge in [-0.3, -0.25) is 9.69 Å². The Labute approximate surface area is 326 Å². The van der Waals surface area contributed by atoms with E-state index in [0.29, 0.717) is 6.42 Å². The number of benzene rings is 3. The maximum absolute atomic E-state index is 13.7. The number of hydrogen-bond acceptors (Lipinski definition) is 12. The van der Waals surface area contributed by atoms with Crippen LogP contribution in [0, 0.1) is 17.8 Å². The fraction of sp³-hybridized carbons (Fsp3) is 0.439. The number of fused-ring (bicyclic) bond motifs is 6. The van der Waals surface area contributed by atoms with Crippen LogP contribution in [0.25, 0.3) is 10.9 Å². The first-order valence-electron chi connectivity index (χ1n) is 18.3. The molecule has 0 amide bonds. The highest BCUT2D eigenvalue weighted by atomic mass is 19.4. The molecule has 3 unspecified atom stereocenters. The van der Waals surface area contributed by atoms with Gasteiger partial charge in [-0.25, -0.2) is 9.59 Å². The molecule has 3 aromatic carbocycles. The molecule has 1 saturated heterocycles. The fourth-order valence-electron chi connectivity index (χ4n) is 8.47. The number of aromatic nitrogens is 1. The zero-order chi connectivity index (χ0) is 41.0. The predicted octanol–water partition coefficient (Wildman–Crippen LogP) is 6.88. The van der Waals surface area contributed by atoms with Crippen LogP contribution in [-0.2, 0) is 38.2 Å². The first-order valence-corrected chi connectivity index (χ1v) is 18.3. The molecular formula is C41H45F3N2O11. The van der Waals surface area contributed by atoms with E-state index in [4.69, 9.17) is 38.3 Å². The van der Waals surface area contributed by atoms with E-state index in [1.807, 2.05) is 12.1 Å². The second-order valence-electron chi connectivity index (χ2n) is 14.0. The minimum atomic E-state index is -4.56. The number of aliphatic hydroxyl groups excluding tert-OH is 1. The summed E-state index contributed by atoms with van der Waals surface area (Å²) >= 11 is 0. The van der Waals surface area contributed by atoms with Gasteiger partial charge in [-0.1, -0.05) is 12.1 Å². The summed E-state index contributed by atoms with van der Waals surface area (Å²) in [5.41, 5.74) is 2.74. The van der Waals surface area contributed by atoms with Crippen LogP contribution in [0.5, 0.6) is 23.0 Å². The molecule has 5 atom stereocenters. The van der Waals surface area contributed by atoms with Crippen LogP contribution in [-0.4, -0.2) is 87.8 Å². The number of carbonyl (C=O) groups excluding carboxylic acids is 3. The van der Waals surface area contributed by atoms with Crippen molar-refractivity contribution >= 4 is 29.0 Å². The van der Waals surface area contributed by atoms with Crippen molar-refractivity contribution in [3.8, 4) is 23.0 Å². The number of methoxy groups -OCH3 is 4. The quantitative estimate of drug-likeness (QED) is 0.103. The lowest BCUT2D eigenvalue weighted by atomic mass is 9.65. The topological polar surface area (TPSA) is 155 Å². The van der Waals surface area contributed by atoms with Gasteiger partial charge in [-0.05, 0) is 85.0 Å². The highest BCUT2D eigenvalue weighted by Gasteiger charge is 2.49. The fourth-order valence-corrected chi connectivity index (χ4v) is 8.47. The van der Waals surface area contributed by atoms with E-state index in [1.54, 1.807) is 7.11 Å². The number of carbonyl (C=O) groups is 3. The Balaban J connectivity index is 0.00000270. The van der Waals surface area contributed by atoms with Crippen molar-refractivity contribution in [2.75, 3.05) is 48.6 Å². The minimum Gasteiger partial charge on any atom is -0.497 e. The summed E-state index contributed by atoms with van der Waals surface area (Å²) in [5, 5.41) is 8.18. The predicted molar refractivity (Wildman–Crippen MR) is 198 cm³/mol. The first-order chi connectivity index (χ1) is 27.4. The smallest absolute Gasteiger partial charge is 0.497 e. The SMILES string of the molecule is CO.COC(=O)C1CC(OC(=O)c2cc(OC)c(OC(=O)OCc3cccc(C(F)(F)F)c3)c(OC)c2)C[C@@H]2CN3CCc4c([nH]c5cc(OC)ccc45)C3C[C@H]12. The molecule has 13 nitrogen and oxygen atoms in total. The Morgan fingerprint density at radius 1 is 0.912 bits per heavy atom. The Bertz CT molecular complexity index is 2080. The molecule has 3 aliphatic rings. The van der Waals surface area contributed by atoms with Gasteiger partial charge < -0.3 is 43.2 Å². The first kappa shape index (κ1) is 41.2. The summed E-state index contributed by atoms with van der Waals surface area (Å²) in [6.45, 7) is 1.10. The zero-order valence-electron chi connectivity index (χ0n) is 32.1. The maximum atomic E-state index is 13.7. The Morgan fingerprint density at radius 3 is 2.32 bits per heavy atom. The van der Waals surface area contributed by atoms with Crippen LogP contribution in [0.3, 0.4) is 0 Å². The van der Waals surface area contributed by atoms with E-state index >= 15 is 0 Å². The second kappa shape index (κ2) is 17.3. The number of H-pyrrole nitrogens is 1. The third kappa shape index (κ3) is 8.61. The third-order valence-corrected chi connectivity index (χ3v) is 11.0. The van der Waals surface area contributed by atoms with E-state index in [1.165, 1.54) is 62.2 Å². The molecule has 0 bridgehead atoms. The Morgan fingerprint density at radius 2 is 1.65 bits per heavy atom. The zero-order valence-corrected chi connectivity index (χ0v) is 32.1. The van der Waals surface area contributed by atoms with E-state index in [0.717, 1.165) is 56.4 Å². The van der Waals surface area contributed by atoms with Crippen molar-refractivity contribution in [3.63, 3.8) is 0 Å². The average molecular weight is 799 g/mol. The summed E-state index contributed by atoms with van der Waals surface area (Å²) in [5.74, 6) is -0.994. The number of esters is 2. The molecule has 0 radical (unpaired) electrons. The van der Waals surface area contributed by atoms with Crippen LogP contribution in [0.1, 0.15) is 58.0 Å².